The standard InChI is InChI=1S/C19H36N4O/c1-18(2,23-10-7-6-8-11-23)13-21-17(20-5)22-15-14-9-12-24-16(14)19(15,3)4/h14-16H,6-13H2,1-5H3,(H2,20,21,22). The molecular formula is C19H36N4O. The van der Waals surface area contributed by atoms with Crippen LogP contribution in [-0.4, -0.2) is 61.8 Å². The fourth-order valence-electron chi connectivity index (χ4n) is 4.87. The molecule has 2 aliphatic heterocycles. The van der Waals surface area contributed by atoms with Crippen LogP contribution in [0.2, 0.25) is 0 Å². The Bertz CT molecular complexity index is 468. The van der Waals surface area contributed by atoms with Gasteiger partial charge in [-0.1, -0.05) is 20.3 Å². The second kappa shape index (κ2) is 6.83. The molecule has 0 bridgehead atoms. The lowest BCUT2D eigenvalue weighted by Crippen LogP contribution is -2.68. The largest absolute Gasteiger partial charge is 0.377 e. The van der Waals surface area contributed by atoms with E-state index in [0.29, 0.717) is 18.1 Å². The van der Waals surface area contributed by atoms with Crippen LogP contribution < -0.4 is 10.6 Å². The van der Waals surface area contributed by atoms with Crippen molar-refractivity contribution in [2.24, 2.45) is 16.3 Å². The maximum atomic E-state index is 5.90. The van der Waals surface area contributed by atoms with Crippen molar-refractivity contribution in [3.63, 3.8) is 0 Å². The predicted octanol–water partition coefficient (Wildman–Crippen LogP) is 2.23. The van der Waals surface area contributed by atoms with Crippen LogP contribution in [0.4, 0.5) is 0 Å². The van der Waals surface area contributed by atoms with Crippen LogP contribution in [0.15, 0.2) is 4.99 Å². The number of guanidine groups is 1. The molecule has 0 amide bonds. The highest BCUT2D eigenvalue weighted by Gasteiger charge is 2.59. The Labute approximate surface area is 147 Å². The summed E-state index contributed by atoms with van der Waals surface area (Å²) in [5.74, 6) is 1.57. The minimum absolute atomic E-state index is 0.159. The summed E-state index contributed by atoms with van der Waals surface area (Å²) in [4.78, 5) is 7.09. The molecule has 5 nitrogen and oxygen atoms in total. The molecule has 2 saturated heterocycles. The first kappa shape index (κ1) is 18.0. The van der Waals surface area contributed by atoms with E-state index in [1.54, 1.807) is 0 Å². The van der Waals surface area contributed by atoms with Crippen LogP contribution in [0.5, 0.6) is 0 Å². The first-order chi connectivity index (χ1) is 11.4. The first-order valence-corrected chi connectivity index (χ1v) is 9.70. The first-order valence-electron chi connectivity index (χ1n) is 9.70. The van der Waals surface area contributed by atoms with E-state index in [0.717, 1.165) is 19.1 Å². The van der Waals surface area contributed by atoms with Gasteiger partial charge in [0.25, 0.3) is 0 Å². The molecule has 3 atom stereocenters. The molecule has 0 aromatic carbocycles. The summed E-state index contributed by atoms with van der Waals surface area (Å²) in [5, 5.41) is 7.26. The average molecular weight is 337 g/mol. The molecule has 0 radical (unpaired) electrons. The van der Waals surface area contributed by atoms with E-state index in [-0.39, 0.29) is 11.0 Å². The minimum Gasteiger partial charge on any atom is -0.377 e. The van der Waals surface area contributed by atoms with Crippen molar-refractivity contribution in [3.8, 4) is 0 Å². The van der Waals surface area contributed by atoms with E-state index in [4.69, 9.17) is 4.74 Å². The van der Waals surface area contributed by atoms with Gasteiger partial charge < -0.3 is 15.4 Å². The molecule has 0 aromatic rings. The van der Waals surface area contributed by atoms with Crippen LogP contribution >= 0.6 is 0 Å². The Morgan fingerprint density at radius 2 is 1.96 bits per heavy atom. The summed E-state index contributed by atoms with van der Waals surface area (Å²) < 4.78 is 5.90. The van der Waals surface area contributed by atoms with Crippen LogP contribution in [-0.2, 0) is 4.74 Å². The molecule has 2 heterocycles. The molecule has 1 aliphatic carbocycles. The quantitative estimate of drug-likeness (QED) is 0.610. The third kappa shape index (κ3) is 3.30. The maximum absolute atomic E-state index is 5.90. The Morgan fingerprint density at radius 1 is 1.25 bits per heavy atom. The fraction of sp³-hybridized carbons (Fsp3) is 0.947. The van der Waals surface area contributed by atoms with E-state index in [1.165, 1.54) is 38.8 Å². The zero-order valence-corrected chi connectivity index (χ0v) is 16.2. The average Bonchev–Trinajstić information content (AvgIpc) is 3.03. The molecule has 3 rings (SSSR count). The van der Waals surface area contributed by atoms with Crippen molar-refractivity contribution in [2.45, 2.75) is 71.1 Å². The molecule has 3 aliphatic rings. The van der Waals surface area contributed by atoms with Crippen LogP contribution in [0.25, 0.3) is 0 Å². The number of nitrogens with one attached hydrogen (secondary N) is 2. The number of aliphatic imine (C=N–C) groups is 1. The second-order valence-electron chi connectivity index (χ2n) is 8.97. The highest BCUT2D eigenvalue weighted by Crippen LogP contribution is 2.52. The van der Waals surface area contributed by atoms with E-state index in [9.17, 15) is 0 Å². The number of likely N-dealkylation sites (tertiary alicyclic amines) is 1. The summed E-state index contributed by atoms with van der Waals surface area (Å²) in [6.45, 7) is 13.6. The normalized spacial score (nSPS) is 33.7. The third-order valence-corrected chi connectivity index (χ3v) is 6.52. The van der Waals surface area contributed by atoms with Gasteiger partial charge in [0.2, 0.25) is 0 Å². The molecule has 2 N–H and O–H groups in total. The summed E-state index contributed by atoms with van der Waals surface area (Å²) in [7, 11) is 1.87. The zero-order valence-electron chi connectivity index (χ0n) is 16.2. The van der Waals surface area contributed by atoms with E-state index >= 15 is 0 Å². The van der Waals surface area contributed by atoms with Gasteiger partial charge in [0.15, 0.2) is 5.96 Å². The number of nitrogens with zero attached hydrogens (tertiary/aromatic N) is 2. The van der Waals surface area contributed by atoms with E-state index in [2.05, 4.69) is 48.2 Å². The predicted molar refractivity (Wildman–Crippen MR) is 99.4 cm³/mol. The van der Waals surface area contributed by atoms with Gasteiger partial charge >= 0.3 is 0 Å². The number of hydrogen-bond donors (Lipinski definition) is 2. The molecule has 24 heavy (non-hydrogen) atoms. The highest BCUT2D eigenvalue weighted by atomic mass is 16.5. The van der Waals surface area contributed by atoms with Gasteiger partial charge in [0, 0.05) is 43.1 Å². The van der Waals surface area contributed by atoms with E-state index in [1.807, 2.05) is 7.05 Å². The summed E-state index contributed by atoms with van der Waals surface area (Å²) in [5.41, 5.74) is 0.341. The molecule has 5 heteroatoms. The van der Waals surface area contributed by atoms with Crippen LogP contribution in [0.1, 0.15) is 53.4 Å². The van der Waals surface area contributed by atoms with Crippen LogP contribution in [0.3, 0.4) is 0 Å². The summed E-state index contributed by atoms with van der Waals surface area (Å²) in [6, 6.07) is 0.453. The molecule has 138 valence electrons. The van der Waals surface area contributed by atoms with E-state index < -0.39 is 0 Å². The lowest BCUT2D eigenvalue weighted by Gasteiger charge is -2.55. The van der Waals surface area contributed by atoms with Gasteiger partial charge in [0.1, 0.15) is 0 Å². The van der Waals surface area contributed by atoms with Gasteiger partial charge in [-0.25, -0.2) is 0 Å². The summed E-state index contributed by atoms with van der Waals surface area (Å²) >= 11 is 0. The topological polar surface area (TPSA) is 48.9 Å². The Morgan fingerprint density at radius 3 is 2.62 bits per heavy atom. The molecule has 3 fully saturated rings. The van der Waals surface area contributed by atoms with Crippen molar-refractivity contribution in [1.29, 1.82) is 0 Å². The lowest BCUT2D eigenvalue weighted by atomic mass is 9.57. The van der Waals surface area contributed by atoms with Crippen molar-refractivity contribution < 1.29 is 4.74 Å². The zero-order chi connectivity index (χ0) is 17.4. The fourth-order valence-corrected chi connectivity index (χ4v) is 4.87. The van der Waals surface area contributed by atoms with Gasteiger partial charge in [0.05, 0.1) is 6.10 Å². The van der Waals surface area contributed by atoms with Crippen LogP contribution in [0, 0.1) is 11.3 Å². The second-order valence-corrected chi connectivity index (χ2v) is 8.97. The lowest BCUT2D eigenvalue weighted by molar-refractivity contribution is -0.106. The van der Waals surface area contributed by atoms with Gasteiger partial charge in [-0.3, -0.25) is 9.89 Å². The van der Waals surface area contributed by atoms with Gasteiger partial charge in [-0.2, -0.15) is 0 Å². The SMILES string of the molecule is CN=C(NCC(C)(C)N1CCCCC1)NC1C2CCOC2C1(C)C. The molecule has 1 saturated carbocycles. The molecule has 0 spiro atoms. The number of fused-ring (bicyclic) bond motifs is 1. The van der Waals surface area contributed by atoms with Crippen molar-refractivity contribution in [2.75, 3.05) is 33.3 Å². The molecule has 0 aromatic heterocycles. The number of ether oxygens (including phenoxy) is 1. The Balaban J connectivity index is 1.54. The van der Waals surface area contributed by atoms with Crippen molar-refractivity contribution in [1.82, 2.24) is 15.5 Å². The van der Waals surface area contributed by atoms with Crippen molar-refractivity contribution >= 4 is 5.96 Å². The van der Waals surface area contributed by atoms with Gasteiger partial charge in [-0.15, -0.1) is 0 Å². The minimum atomic E-state index is 0.159. The smallest absolute Gasteiger partial charge is 0.191 e. The number of rotatable bonds is 4. The van der Waals surface area contributed by atoms with Gasteiger partial charge in [-0.05, 0) is 46.2 Å². The highest BCUT2D eigenvalue weighted by molar-refractivity contribution is 5.80. The molecule has 3 unspecified atom stereocenters. The van der Waals surface area contributed by atoms with Crippen molar-refractivity contribution in [3.05, 3.63) is 0 Å². The number of hydrogen-bond acceptors (Lipinski definition) is 3. The Kier molecular flexibility index (Phi) is 5.12. The monoisotopic (exact) mass is 336 g/mol. The third-order valence-electron chi connectivity index (χ3n) is 6.52. The molecular weight excluding hydrogens is 300 g/mol. The Hall–Kier alpha value is -0.810. The number of piperidine rings is 1. The maximum Gasteiger partial charge on any atom is 0.191 e. The summed E-state index contributed by atoms with van der Waals surface area (Å²) in [6.07, 6.45) is 5.62.